The fraction of sp³-hybridized carbons (Fsp3) is 0.577. The van der Waals surface area contributed by atoms with Gasteiger partial charge in [0, 0.05) is 12.6 Å². The molecule has 6 atom stereocenters. The molecule has 1 aromatic rings. The predicted octanol–water partition coefficient (Wildman–Crippen LogP) is 5.77. The van der Waals surface area contributed by atoms with Crippen LogP contribution in [0.4, 0.5) is 4.39 Å². The van der Waals surface area contributed by atoms with Gasteiger partial charge in [0.1, 0.15) is 11.9 Å². The molecule has 170 valence electrons. The molecule has 1 heterocycles. The van der Waals surface area contributed by atoms with E-state index in [0.29, 0.717) is 35.6 Å². The molecule has 0 saturated heterocycles. The summed E-state index contributed by atoms with van der Waals surface area (Å²) in [5.41, 5.74) is 1.77. The molecular formula is C26H30ClFN2O2. The van der Waals surface area contributed by atoms with Gasteiger partial charge >= 0.3 is 0 Å². The Morgan fingerprint density at radius 1 is 1.28 bits per heavy atom. The molecule has 1 aliphatic heterocycles. The third kappa shape index (κ3) is 3.07. The van der Waals surface area contributed by atoms with Crippen LogP contribution in [0.15, 0.2) is 35.0 Å². The van der Waals surface area contributed by atoms with E-state index in [1.807, 2.05) is 25.1 Å². The van der Waals surface area contributed by atoms with E-state index in [0.717, 1.165) is 53.9 Å². The molecule has 2 saturated carbocycles. The lowest BCUT2D eigenvalue weighted by molar-refractivity contribution is -0.102. The number of hydrogen-bond donors (Lipinski definition) is 2. The standard InChI is InChI=1S/C26H30ClFN2O2/c1-15-11-17(23(27)14-30(15)32)12-26(31)10-8-22-20-5-6-21-18(4-3-16(13-29)24(21)28)19(20)7-9-25(22,26)2/h3-4,11,14-15,19-20,22,31-32H,5-10,12H2,1-2H3/t15?,19?,20?,22?,25-,26+/m0/s1. The van der Waals surface area contributed by atoms with Crippen LogP contribution in [-0.2, 0) is 6.42 Å². The summed E-state index contributed by atoms with van der Waals surface area (Å²) in [6.45, 7) is 4.13. The second kappa shape index (κ2) is 7.58. The maximum atomic E-state index is 14.8. The number of rotatable bonds is 2. The minimum atomic E-state index is -0.851. The van der Waals surface area contributed by atoms with Crippen molar-refractivity contribution in [2.45, 2.75) is 76.4 Å². The Bertz CT molecular complexity index is 1060. The monoisotopic (exact) mass is 456 g/mol. The average Bonchev–Trinajstić information content (AvgIpc) is 3.03. The smallest absolute Gasteiger partial charge is 0.144 e. The highest BCUT2D eigenvalue weighted by molar-refractivity contribution is 6.32. The third-order valence-corrected chi connectivity index (χ3v) is 9.52. The van der Waals surface area contributed by atoms with Crippen LogP contribution in [0.5, 0.6) is 0 Å². The molecule has 0 radical (unpaired) electrons. The first-order valence-electron chi connectivity index (χ1n) is 11.7. The van der Waals surface area contributed by atoms with Crippen molar-refractivity contribution < 1.29 is 14.7 Å². The number of hydroxylamine groups is 2. The van der Waals surface area contributed by atoms with Crippen LogP contribution >= 0.6 is 11.6 Å². The van der Waals surface area contributed by atoms with Gasteiger partial charge in [0.25, 0.3) is 0 Å². The number of fused-ring (bicyclic) bond motifs is 5. The van der Waals surface area contributed by atoms with Crippen molar-refractivity contribution in [3.05, 3.63) is 57.5 Å². The number of hydrogen-bond acceptors (Lipinski definition) is 4. The largest absolute Gasteiger partial charge is 0.389 e. The van der Waals surface area contributed by atoms with Gasteiger partial charge in [-0.2, -0.15) is 5.26 Å². The van der Waals surface area contributed by atoms with Gasteiger partial charge in [-0.1, -0.05) is 30.7 Å². The van der Waals surface area contributed by atoms with Gasteiger partial charge in [0.05, 0.1) is 22.2 Å². The number of nitriles is 1. The summed E-state index contributed by atoms with van der Waals surface area (Å²) < 4.78 is 14.8. The molecule has 32 heavy (non-hydrogen) atoms. The Morgan fingerprint density at radius 3 is 2.81 bits per heavy atom. The van der Waals surface area contributed by atoms with Crippen molar-refractivity contribution in [2.24, 2.45) is 17.3 Å². The minimum absolute atomic E-state index is 0.138. The van der Waals surface area contributed by atoms with Crippen LogP contribution in [0, 0.1) is 34.4 Å². The normalized spacial score (nSPS) is 38.2. The second-order valence-electron chi connectivity index (χ2n) is 10.5. The second-order valence-corrected chi connectivity index (χ2v) is 10.9. The number of nitrogens with zero attached hydrogens (tertiary/aromatic N) is 2. The highest BCUT2D eigenvalue weighted by Crippen LogP contribution is 2.65. The van der Waals surface area contributed by atoms with E-state index in [1.165, 1.54) is 6.20 Å². The summed E-state index contributed by atoms with van der Waals surface area (Å²) in [5.74, 6) is 0.747. The van der Waals surface area contributed by atoms with Gasteiger partial charge in [-0.15, -0.1) is 0 Å². The first-order valence-corrected chi connectivity index (χ1v) is 12.1. The Balaban J connectivity index is 1.43. The summed E-state index contributed by atoms with van der Waals surface area (Å²) >= 11 is 6.43. The zero-order valence-corrected chi connectivity index (χ0v) is 19.4. The molecule has 4 nitrogen and oxygen atoms in total. The number of allylic oxidation sites excluding steroid dienone is 1. The molecule has 0 aromatic heterocycles. The van der Waals surface area contributed by atoms with Gasteiger partial charge in [0.15, 0.2) is 0 Å². The van der Waals surface area contributed by atoms with Gasteiger partial charge < -0.3 is 5.11 Å². The van der Waals surface area contributed by atoms with Crippen molar-refractivity contribution in [3.63, 3.8) is 0 Å². The lowest BCUT2D eigenvalue weighted by Gasteiger charge is -2.53. The average molecular weight is 457 g/mol. The molecular weight excluding hydrogens is 427 g/mol. The molecule has 2 N–H and O–H groups in total. The summed E-state index contributed by atoms with van der Waals surface area (Å²) in [6.07, 6.45) is 9.00. The van der Waals surface area contributed by atoms with Gasteiger partial charge in [0.2, 0.25) is 0 Å². The quantitative estimate of drug-likeness (QED) is 0.592. The molecule has 1 aromatic carbocycles. The minimum Gasteiger partial charge on any atom is -0.389 e. The van der Waals surface area contributed by atoms with Crippen molar-refractivity contribution in [3.8, 4) is 6.07 Å². The van der Waals surface area contributed by atoms with Crippen LogP contribution in [0.25, 0.3) is 0 Å². The van der Waals surface area contributed by atoms with E-state index in [-0.39, 0.29) is 22.8 Å². The number of benzene rings is 1. The molecule has 4 aliphatic rings. The van der Waals surface area contributed by atoms with Crippen LogP contribution in [-0.4, -0.2) is 27.0 Å². The summed E-state index contributed by atoms with van der Waals surface area (Å²) in [4.78, 5) is 0. The highest BCUT2D eigenvalue weighted by atomic mass is 35.5. The zero-order valence-electron chi connectivity index (χ0n) is 18.6. The van der Waals surface area contributed by atoms with E-state index in [2.05, 4.69) is 6.92 Å². The van der Waals surface area contributed by atoms with E-state index < -0.39 is 5.60 Å². The zero-order chi connectivity index (χ0) is 22.8. The highest BCUT2D eigenvalue weighted by Gasteiger charge is 2.61. The Hall–Kier alpha value is -1.87. The van der Waals surface area contributed by atoms with Gasteiger partial charge in [-0.05, 0) is 91.4 Å². The topological polar surface area (TPSA) is 67.5 Å². The first kappa shape index (κ1) is 21.9. The first-order chi connectivity index (χ1) is 15.2. The van der Waals surface area contributed by atoms with Gasteiger partial charge in [-0.25, -0.2) is 4.39 Å². The van der Waals surface area contributed by atoms with E-state index in [9.17, 15) is 20.0 Å². The lowest BCUT2D eigenvalue weighted by Crippen LogP contribution is -2.51. The molecule has 5 rings (SSSR count). The summed E-state index contributed by atoms with van der Waals surface area (Å²) in [7, 11) is 0. The van der Waals surface area contributed by atoms with Crippen molar-refractivity contribution in [1.29, 1.82) is 5.26 Å². The third-order valence-electron chi connectivity index (χ3n) is 9.18. The maximum absolute atomic E-state index is 14.8. The van der Waals surface area contributed by atoms with Crippen LogP contribution in [0.3, 0.4) is 0 Å². The number of halogens is 2. The Labute approximate surface area is 193 Å². The number of aliphatic hydroxyl groups is 1. The molecule has 3 aliphatic carbocycles. The van der Waals surface area contributed by atoms with Crippen LogP contribution < -0.4 is 0 Å². The molecule has 4 unspecified atom stereocenters. The van der Waals surface area contributed by atoms with E-state index in [4.69, 9.17) is 11.6 Å². The SMILES string of the molecule is CC1C=C(C[C@]2(O)CCC3C4CCc5c(ccc(C#N)c5F)C4CC[C@@]32C)C(Cl)=CN1O. The van der Waals surface area contributed by atoms with Gasteiger partial charge in [-0.3, -0.25) is 10.3 Å². The predicted molar refractivity (Wildman–Crippen MR) is 120 cm³/mol. The molecule has 6 heteroatoms. The Kier molecular flexibility index (Phi) is 5.20. The van der Waals surface area contributed by atoms with Crippen molar-refractivity contribution in [1.82, 2.24) is 5.06 Å². The van der Waals surface area contributed by atoms with Crippen LogP contribution in [0.1, 0.15) is 75.0 Å². The summed E-state index contributed by atoms with van der Waals surface area (Å²) in [6, 6.07) is 5.39. The van der Waals surface area contributed by atoms with E-state index in [1.54, 1.807) is 6.07 Å². The Morgan fingerprint density at radius 2 is 2.06 bits per heavy atom. The lowest BCUT2D eigenvalue weighted by atomic mass is 9.52. The summed E-state index contributed by atoms with van der Waals surface area (Å²) in [5, 5.41) is 32.7. The fourth-order valence-electron chi connectivity index (χ4n) is 7.33. The van der Waals surface area contributed by atoms with Crippen LogP contribution in [0.2, 0.25) is 0 Å². The maximum Gasteiger partial charge on any atom is 0.144 e. The van der Waals surface area contributed by atoms with E-state index >= 15 is 0 Å². The molecule has 2 fully saturated rings. The molecule has 0 bridgehead atoms. The molecule has 0 amide bonds. The van der Waals surface area contributed by atoms with Crippen molar-refractivity contribution in [2.75, 3.05) is 0 Å². The molecule has 0 spiro atoms. The fourth-order valence-corrected chi connectivity index (χ4v) is 7.56. The van der Waals surface area contributed by atoms with Crippen molar-refractivity contribution >= 4 is 11.6 Å².